The maximum Gasteiger partial charge on any atom is 0.161 e. The van der Waals surface area contributed by atoms with Crippen LogP contribution in [0.4, 0.5) is 0 Å². The van der Waals surface area contributed by atoms with Crippen LogP contribution in [-0.4, -0.2) is 43.9 Å². The van der Waals surface area contributed by atoms with E-state index in [1.807, 2.05) is 25.2 Å². The minimum Gasteiger partial charge on any atom is -0.493 e. The zero-order chi connectivity index (χ0) is 13.4. The van der Waals surface area contributed by atoms with Gasteiger partial charge in [0.25, 0.3) is 0 Å². The first-order chi connectivity index (χ1) is 8.71. The molecular formula is C14H23NO3. The second-order valence-electron chi connectivity index (χ2n) is 4.30. The molecule has 1 N–H and O–H groups in total. The molecule has 4 nitrogen and oxygen atoms in total. The van der Waals surface area contributed by atoms with E-state index in [1.165, 1.54) is 0 Å². The van der Waals surface area contributed by atoms with Crippen LogP contribution < -0.4 is 9.47 Å². The van der Waals surface area contributed by atoms with Crippen molar-refractivity contribution in [1.29, 1.82) is 0 Å². The van der Waals surface area contributed by atoms with E-state index in [1.54, 1.807) is 7.11 Å². The van der Waals surface area contributed by atoms with Crippen molar-refractivity contribution in [2.45, 2.75) is 19.9 Å². The minimum absolute atomic E-state index is 0.172. The van der Waals surface area contributed by atoms with Crippen molar-refractivity contribution >= 4 is 0 Å². The number of rotatable bonds is 8. The summed E-state index contributed by atoms with van der Waals surface area (Å²) in [6, 6.07) is 5.95. The third-order valence-corrected chi connectivity index (χ3v) is 2.62. The largest absolute Gasteiger partial charge is 0.493 e. The predicted octanol–water partition coefficient (Wildman–Crippen LogP) is 1.91. The number of benzene rings is 1. The van der Waals surface area contributed by atoms with Crippen molar-refractivity contribution in [3.8, 4) is 11.5 Å². The minimum atomic E-state index is 0.172. The van der Waals surface area contributed by atoms with Crippen LogP contribution in [-0.2, 0) is 6.54 Å². The Kier molecular flexibility index (Phi) is 6.54. The molecule has 1 aromatic carbocycles. The van der Waals surface area contributed by atoms with Crippen molar-refractivity contribution in [3.05, 3.63) is 23.8 Å². The Morgan fingerprint density at radius 3 is 2.67 bits per heavy atom. The molecule has 0 unspecified atom stereocenters. The summed E-state index contributed by atoms with van der Waals surface area (Å²) in [4.78, 5) is 2.06. The smallest absolute Gasteiger partial charge is 0.161 e. The van der Waals surface area contributed by atoms with Gasteiger partial charge in [-0.2, -0.15) is 0 Å². The Balaban J connectivity index is 2.74. The fourth-order valence-electron chi connectivity index (χ4n) is 1.71. The van der Waals surface area contributed by atoms with Gasteiger partial charge in [0.1, 0.15) is 0 Å². The van der Waals surface area contributed by atoms with Gasteiger partial charge in [0.15, 0.2) is 11.5 Å². The van der Waals surface area contributed by atoms with Gasteiger partial charge in [0.2, 0.25) is 0 Å². The summed E-state index contributed by atoms with van der Waals surface area (Å²) in [5.74, 6) is 1.55. The van der Waals surface area contributed by atoms with Gasteiger partial charge >= 0.3 is 0 Å². The molecule has 0 atom stereocenters. The zero-order valence-electron chi connectivity index (χ0n) is 11.5. The van der Waals surface area contributed by atoms with E-state index in [-0.39, 0.29) is 6.61 Å². The number of hydrogen-bond donors (Lipinski definition) is 1. The van der Waals surface area contributed by atoms with Crippen molar-refractivity contribution in [3.63, 3.8) is 0 Å². The molecule has 0 spiro atoms. The SMILES string of the molecule is CCCOc1cc(CN(C)CCO)ccc1OC. The van der Waals surface area contributed by atoms with Crippen LogP contribution in [0.3, 0.4) is 0 Å². The Morgan fingerprint density at radius 2 is 2.06 bits per heavy atom. The molecule has 0 aliphatic rings. The van der Waals surface area contributed by atoms with Crippen LogP contribution in [0.25, 0.3) is 0 Å². The number of aliphatic hydroxyl groups excluding tert-OH is 1. The predicted molar refractivity (Wildman–Crippen MR) is 72.2 cm³/mol. The van der Waals surface area contributed by atoms with Crippen LogP contribution in [0.2, 0.25) is 0 Å². The van der Waals surface area contributed by atoms with Crippen LogP contribution in [0.1, 0.15) is 18.9 Å². The van der Waals surface area contributed by atoms with E-state index in [2.05, 4.69) is 11.8 Å². The number of methoxy groups -OCH3 is 1. The molecule has 0 saturated heterocycles. The van der Waals surface area contributed by atoms with Crippen molar-refractivity contribution in [2.24, 2.45) is 0 Å². The van der Waals surface area contributed by atoms with Crippen LogP contribution in [0, 0.1) is 0 Å². The molecule has 0 saturated carbocycles. The first kappa shape index (κ1) is 14.8. The van der Waals surface area contributed by atoms with E-state index >= 15 is 0 Å². The Hall–Kier alpha value is -1.26. The average Bonchev–Trinajstić information content (AvgIpc) is 2.36. The second kappa shape index (κ2) is 7.95. The highest BCUT2D eigenvalue weighted by atomic mass is 16.5. The third-order valence-electron chi connectivity index (χ3n) is 2.62. The lowest BCUT2D eigenvalue weighted by Crippen LogP contribution is -2.21. The Labute approximate surface area is 109 Å². The summed E-state index contributed by atoms with van der Waals surface area (Å²) >= 11 is 0. The molecule has 18 heavy (non-hydrogen) atoms. The van der Waals surface area contributed by atoms with Crippen LogP contribution in [0.15, 0.2) is 18.2 Å². The zero-order valence-corrected chi connectivity index (χ0v) is 11.5. The van der Waals surface area contributed by atoms with Crippen molar-refractivity contribution < 1.29 is 14.6 Å². The molecule has 0 fully saturated rings. The molecular weight excluding hydrogens is 230 g/mol. The van der Waals surface area contributed by atoms with Crippen LogP contribution in [0.5, 0.6) is 11.5 Å². The lowest BCUT2D eigenvalue weighted by Gasteiger charge is -2.17. The lowest BCUT2D eigenvalue weighted by molar-refractivity contribution is 0.217. The second-order valence-corrected chi connectivity index (χ2v) is 4.30. The molecule has 1 rings (SSSR count). The van der Waals surface area contributed by atoms with Crippen molar-refractivity contribution in [1.82, 2.24) is 4.90 Å². The normalized spacial score (nSPS) is 10.7. The molecule has 0 radical (unpaired) electrons. The number of aliphatic hydroxyl groups is 1. The number of ether oxygens (including phenoxy) is 2. The molecule has 0 aliphatic heterocycles. The van der Waals surface area contributed by atoms with Gasteiger partial charge in [-0.1, -0.05) is 13.0 Å². The van der Waals surface area contributed by atoms with Gasteiger partial charge in [0, 0.05) is 13.1 Å². The Morgan fingerprint density at radius 1 is 1.28 bits per heavy atom. The quantitative estimate of drug-likeness (QED) is 0.768. The number of nitrogens with zero attached hydrogens (tertiary/aromatic N) is 1. The Bertz CT molecular complexity index is 355. The standard InChI is InChI=1S/C14H23NO3/c1-4-9-18-14-10-12(5-6-13(14)17-3)11-15(2)7-8-16/h5-6,10,16H,4,7-9,11H2,1-3H3. The van der Waals surface area contributed by atoms with Crippen molar-refractivity contribution in [2.75, 3.05) is 33.9 Å². The number of hydrogen-bond acceptors (Lipinski definition) is 4. The fraction of sp³-hybridized carbons (Fsp3) is 0.571. The lowest BCUT2D eigenvalue weighted by atomic mass is 10.2. The third kappa shape index (κ3) is 4.55. The maximum absolute atomic E-state index is 8.88. The fourth-order valence-corrected chi connectivity index (χ4v) is 1.71. The van der Waals surface area contributed by atoms with Gasteiger partial charge < -0.3 is 14.6 Å². The van der Waals surface area contributed by atoms with Gasteiger partial charge in [-0.15, -0.1) is 0 Å². The van der Waals surface area contributed by atoms with Gasteiger partial charge in [0.05, 0.1) is 20.3 Å². The molecule has 0 bridgehead atoms. The summed E-state index contributed by atoms with van der Waals surface area (Å²) in [7, 11) is 3.62. The summed E-state index contributed by atoms with van der Waals surface area (Å²) < 4.78 is 10.9. The van der Waals surface area contributed by atoms with Gasteiger partial charge in [-0.25, -0.2) is 0 Å². The van der Waals surface area contributed by atoms with E-state index < -0.39 is 0 Å². The first-order valence-corrected chi connectivity index (χ1v) is 6.30. The molecule has 4 heteroatoms. The molecule has 0 aliphatic carbocycles. The van der Waals surface area contributed by atoms with E-state index in [9.17, 15) is 0 Å². The van der Waals surface area contributed by atoms with E-state index in [4.69, 9.17) is 14.6 Å². The van der Waals surface area contributed by atoms with Gasteiger partial charge in [-0.05, 0) is 31.2 Å². The molecule has 102 valence electrons. The molecule has 0 heterocycles. The first-order valence-electron chi connectivity index (χ1n) is 6.30. The summed E-state index contributed by atoms with van der Waals surface area (Å²) in [6.07, 6.45) is 0.970. The highest BCUT2D eigenvalue weighted by molar-refractivity contribution is 5.42. The molecule has 0 aromatic heterocycles. The molecule has 0 amide bonds. The highest BCUT2D eigenvalue weighted by Crippen LogP contribution is 2.28. The maximum atomic E-state index is 8.88. The highest BCUT2D eigenvalue weighted by Gasteiger charge is 2.07. The topological polar surface area (TPSA) is 41.9 Å². The average molecular weight is 253 g/mol. The van der Waals surface area contributed by atoms with E-state index in [0.717, 1.165) is 30.0 Å². The summed E-state index contributed by atoms with van der Waals surface area (Å²) in [5, 5.41) is 8.88. The summed E-state index contributed by atoms with van der Waals surface area (Å²) in [6.45, 7) is 4.38. The van der Waals surface area contributed by atoms with E-state index in [0.29, 0.717) is 13.2 Å². The molecule has 1 aromatic rings. The van der Waals surface area contributed by atoms with Crippen LogP contribution >= 0.6 is 0 Å². The van der Waals surface area contributed by atoms with Gasteiger partial charge in [-0.3, -0.25) is 4.90 Å². The summed E-state index contributed by atoms with van der Waals surface area (Å²) in [5.41, 5.74) is 1.15. The number of likely N-dealkylation sites (N-methyl/N-ethyl adjacent to an activating group) is 1. The monoisotopic (exact) mass is 253 g/mol.